The largest absolute Gasteiger partial charge is 0.465 e. The van der Waals surface area contributed by atoms with Crippen LogP contribution in [0.15, 0.2) is 47.5 Å². The van der Waals surface area contributed by atoms with Crippen molar-refractivity contribution in [3.63, 3.8) is 0 Å². The Bertz CT molecular complexity index is 1040. The minimum Gasteiger partial charge on any atom is -0.465 e. The number of aryl methyl sites for hydroxylation is 1. The number of halogens is 1. The standard InChI is InChI=1S/C20H16ClN3O4S/c1-11-3-6-13(7-4-11)24-18(26)15(17(25)23-20(24)29)10-22-12-5-8-16(21)14(9-12)19(27)28-2/h3-10,15H,1-2H3,(H,23,25,29)/t15-/m1/s1. The first-order chi connectivity index (χ1) is 13.8. The van der Waals surface area contributed by atoms with Crippen LogP contribution < -0.4 is 10.2 Å². The van der Waals surface area contributed by atoms with Crippen molar-refractivity contribution in [2.45, 2.75) is 6.92 Å². The number of carbonyl (C=O) groups excluding carboxylic acids is 3. The second-order valence-corrected chi connectivity index (χ2v) is 7.01. The Morgan fingerprint density at radius 3 is 2.59 bits per heavy atom. The maximum atomic E-state index is 12.9. The van der Waals surface area contributed by atoms with Crippen LogP contribution in [-0.4, -0.2) is 36.2 Å². The summed E-state index contributed by atoms with van der Waals surface area (Å²) in [5.74, 6) is -2.89. The second kappa shape index (κ2) is 8.50. The fourth-order valence-corrected chi connectivity index (χ4v) is 3.17. The summed E-state index contributed by atoms with van der Waals surface area (Å²) in [5.41, 5.74) is 2.04. The average Bonchev–Trinajstić information content (AvgIpc) is 2.69. The van der Waals surface area contributed by atoms with Gasteiger partial charge in [0.15, 0.2) is 11.0 Å². The molecule has 2 aromatic rings. The van der Waals surface area contributed by atoms with Crippen LogP contribution in [0.4, 0.5) is 11.4 Å². The number of hydrogen-bond acceptors (Lipinski definition) is 6. The maximum Gasteiger partial charge on any atom is 0.339 e. The molecule has 9 heteroatoms. The van der Waals surface area contributed by atoms with E-state index in [1.165, 1.54) is 30.4 Å². The van der Waals surface area contributed by atoms with E-state index in [2.05, 4.69) is 15.0 Å². The van der Waals surface area contributed by atoms with E-state index in [0.717, 1.165) is 5.56 Å². The van der Waals surface area contributed by atoms with Crippen molar-refractivity contribution in [3.05, 3.63) is 58.6 Å². The van der Waals surface area contributed by atoms with E-state index in [9.17, 15) is 14.4 Å². The molecular weight excluding hydrogens is 414 g/mol. The molecule has 0 aliphatic carbocycles. The Morgan fingerprint density at radius 1 is 1.24 bits per heavy atom. The highest BCUT2D eigenvalue weighted by Crippen LogP contribution is 2.24. The maximum absolute atomic E-state index is 12.9. The lowest BCUT2D eigenvalue weighted by Crippen LogP contribution is -2.58. The second-order valence-electron chi connectivity index (χ2n) is 6.22. The van der Waals surface area contributed by atoms with Crippen molar-refractivity contribution < 1.29 is 19.1 Å². The van der Waals surface area contributed by atoms with Crippen LogP contribution in [0, 0.1) is 12.8 Å². The van der Waals surface area contributed by atoms with Gasteiger partial charge in [0.2, 0.25) is 5.91 Å². The molecule has 1 atom stereocenters. The van der Waals surface area contributed by atoms with Crippen LogP contribution in [0.5, 0.6) is 0 Å². The molecule has 0 aromatic heterocycles. The summed E-state index contributed by atoms with van der Waals surface area (Å²) in [6.45, 7) is 1.92. The number of hydrogen-bond donors (Lipinski definition) is 1. The minimum atomic E-state index is -1.18. The van der Waals surface area contributed by atoms with Crippen LogP contribution >= 0.6 is 23.8 Å². The summed E-state index contributed by atoms with van der Waals surface area (Å²) in [7, 11) is 1.24. The molecule has 7 nitrogen and oxygen atoms in total. The Morgan fingerprint density at radius 2 is 1.93 bits per heavy atom. The first-order valence-corrected chi connectivity index (χ1v) is 9.28. The molecule has 1 saturated heterocycles. The number of thiocarbonyl (C=S) groups is 1. The number of rotatable bonds is 4. The molecule has 0 spiro atoms. The van der Waals surface area contributed by atoms with Crippen molar-refractivity contribution in [1.82, 2.24) is 5.32 Å². The zero-order chi connectivity index (χ0) is 21.1. The average molecular weight is 430 g/mol. The SMILES string of the molecule is COC(=O)c1cc(N=C[C@@H]2C(=O)NC(=S)N(c3ccc(C)cc3)C2=O)ccc1Cl. The third kappa shape index (κ3) is 4.33. The van der Waals surface area contributed by atoms with Gasteiger partial charge in [0, 0.05) is 6.21 Å². The van der Waals surface area contributed by atoms with Crippen LogP contribution in [-0.2, 0) is 14.3 Å². The first kappa shape index (κ1) is 20.6. The van der Waals surface area contributed by atoms with Crippen LogP contribution in [0.1, 0.15) is 15.9 Å². The number of nitrogens with zero attached hydrogens (tertiary/aromatic N) is 2. The lowest BCUT2D eigenvalue weighted by atomic mass is 10.1. The minimum absolute atomic E-state index is 0.00738. The number of ether oxygens (including phenoxy) is 1. The van der Waals surface area contributed by atoms with Gasteiger partial charge in [-0.1, -0.05) is 29.3 Å². The lowest BCUT2D eigenvalue weighted by Gasteiger charge is -2.30. The highest BCUT2D eigenvalue weighted by Gasteiger charge is 2.38. The Kier molecular flexibility index (Phi) is 6.05. The number of methoxy groups -OCH3 is 1. The third-order valence-corrected chi connectivity index (χ3v) is 4.84. The van der Waals surface area contributed by atoms with E-state index in [4.69, 9.17) is 23.8 Å². The van der Waals surface area contributed by atoms with Gasteiger partial charge in [-0.25, -0.2) is 4.79 Å². The molecule has 0 unspecified atom stereocenters. The molecule has 0 bridgehead atoms. The lowest BCUT2D eigenvalue weighted by molar-refractivity contribution is -0.130. The van der Waals surface area contributed by atoms with Crippen molar-refractivity contribution in [3.8, 4) is 0 Å². The van der Waals surface area contributed by atoms with Gasteiger partial charge in [0.25, 0.3) is 5.91 Å². The van der Waals surface area contributed by atoms with Crippen molar-refractivity contribution in [1.29, 1.82) is 0 Å². The van der Waals surface area contributed by atoms with Crippen LogP contribution in [0.3, 0.4) is 0 Å². The summed E-state index contributed by atoms with van der Waals surface area (Å²) in [4.78, 5) is 42.4. The van der Waals surface area contributed by atoms with Crippen molar-refractivity contribution >= 4 is 64.3 Å². The molecule has 2 amide bonds. The molecule has 1 fully saturated rings. The van der Waals surface area contributed by atoms with Crippen LogP contribution in [0.25, 0.3) is 0 Å². The fraction of sp³-hybridized carbons (Fsp3) is 0.150. The molecule has 1 aliphatic heterocycles. The van der Waals surface area contributed by atoms with E-state index in [1.807, 2.05) is 19.1 Å². The highest BCUT2D eigenvalue weighted by atomic mass is 35.5. The monoisotopic (exact) mass is 429 g/mol. The van der Waals surface area contributed by atoms with E-state index in [0.29, 0.717) is 11.4 Å². The molecule has 1 aliphatic rings. The topological polar surface area (TPSA) is 88.1 Å². The third-order valence-electron chi connectivity index (χ3n) is 4.22. The predicted molar refractivity (Wildman–Crippen MR) is 114 cm³/mol. The zero-order valence-electron chi connectivity index (χ0n) is 15.5. The highest BCUT2D eigenvalue weighted by molar-refractivity contribution is 7.80. The summed E-state index contributed by atoms with van der Waals surface area (Å²) < 4.78 is 4.67. The molecule has 2 aromatic carbocycles. The van der Waals surface area contributed by atoms with E-state index >= 15 is 0 Å². The molecular formula is C20H16ClN3O4S. The molecule has 3 rings (SSSR count). The summed E-state index contributed by atoms with van der Waals surface area (Å²) in [5, 5.41) is 2.73. The number of nitrogens with one attached hydrogen (secondary N) is 1. The molecule has 1 N–H and O–H groups in total. The first-order valence-electron chi connectivity index (χ1n) is 8.49. The fourth-order valence-electron chi connectivity index (χ4n) is 2.68. The van der Waals surface area contributed by atoms with Gasteiger partial charge in [-0.2, -0.15) is 0 Å². The Hall–Kier alpha value is -3.10. The van der Waals surface area contributed by atoms with Crippen molar-refractivity contribution in [2.24, 2.45) is 10.9 Å². The van der Waals surface area contributed by atoms with Gasteiger partial charge < -0.3 is 10.1 Å². The van der Waals surface area contributed by atoms with E-state index < -0.39 is 23.7 Å². The number of amides is 2. The number of carbonyl (C=O) groups is 3. The molecule has 29 heavy (non-hydrogen) atoms. The van der Waals surface area contributed by atoms with Crippen LogP contribution in [0.2, 0.25) is 5.02 Å². The Labute approximate surface area is 177 Å². The van der Waals surface area contributed by atoms with Gasteiger partial charge in [-0.05, 0) is 49.5 Å². The smallest absolute Gasteiger partial charge is 0.339 e. The van der Waals surface area contributed by atoms with Gasteiger partial charge in [0.05, 0.1) is 29.1 Å². The summed E-state index contributed by atoms with van der Waals surface area (Å²) in [6.07, 6.45) is 1.21. The van der Waals surface area contributed by atoms with Gasteiger partial charge in [-0.3, -0.25) is 19.5 Å². The van der Waals surface area contributed by atoms with Gasteiger partial charge in [-0.15, -0.1) is 0 Å². The summed E-state index contributed by atoms with van der Waals surface area (Å²) in [6, 6.07) is 11.6. The molecule has 0 radical (unpaired) electrons. The quantitative estimate of drug-likeness (QED) is 0.349. The predicted octanol–water partition coefficient (Wildman–Crippen LogP) is 3.20. The number of esters is 1. The van der Waals surface area contributed by atoms with E-state index in [-0.39, 0.29) is 15.7 Å². The number of benzene rings is 2. The van der Waals surface area contributed by atoms with E-state index in [1.54, 1.807) is 18.2 Å². The summed E-state index contributed by atoms with van der Waals surface area (Å²) >= 11 is 11.1. The molecule has 0 saturated carbocycles. The van der Waals surface area contributed by atoms with Gasteiger partial charge >= 0.3 is 5.97 Å². The molecule has 148 valence electrons. The molecule has 1 heterocycles. The van der Waals surface area contributed by atoms with Gasteiger partial charge in [0.1, 0.15) is 0 Å². The number of anilines is 1. The Balaban J connectivity index is 1.89. The van der Waals surface area contributed by atoms with Crippen molar-refractivity contribution in [2.75, 3.05) is 12.0 Å². The normalized spacial score (nSPS) is 16.9. The number of aliphatic imine (C=N–C) groups is 1. The zero-order valence-corrected chi connectivity index (χ0v) is 17.1.